The number of phenols is 2. The van der Waals surface area contributed by atoms with E-state index in [0.717, 1.165) is 61.0 Å². The van der Waals surface area contributed by atoms with E-state index in [9.17, 15) is 10.2 Å². The van der Waals surface area contributed by atoms with Crippen LogP contribution in [0.4, 0.5) is 0 Å². The van der Waals surface area contributed by atoms with Gasteiger partial charge in [-0.3, -0.25) is 15.0 Å². The molecule has 5 heteroatoms. The molecule has 32 heavy (non-hydrogen) atoms. The first-order valence-electron chi connectivity index (χ1n) is 11.3. The normalized spacial score (nSPS) is 20.4. The quantitative estimate of drug-likeness (QED) is 0.543. The SMILES string of the molecule is Oc1ccccc1/C=N/C1CCCc2cc3c(nc21)[C@H](/N=C/c1ccccc1O)CCC3. The number of nitrogens with zero attached hydrogens (tertiary/aromatic N) is 3. The first-order chi connectivity index (χ1) is 15.7. The molecule has 2 N–H and O–H groups in total. The van der Waals surface area contributed by atoms with E-state index >= 15 is 0 Å². The molecule has 5 nitrogen and oxygen atoms in total. The molecule has 1 heterocycles. The summed E-state index contributed by atoms with van der Waals surface area (Å²) in [6, 6.07) is 16.8. The van der Waals surface area contributed by atoms with Crippen LogP contribution in [0.5, 0.6) is 11.5 Å². The molecule has 0 bridgehead atoms. The van der Waals surface area contributed by atoms with Gasteiger partial charge in [-0.25, -0.2) is 0 Å². The number of benzene rings is 2. The molecule has 2 aromatic carbocycles. The summed E-state index contributed by atoms with van der Waals surface area (Å²) < 4.78 is 0. The highest BCUT2D eigenvalue weighted by Gasteiger charge is 2.27. The van der Waals surface area contributed by atoms with Gasteiger partial charge in [0.25, 0.3) is 0 Å². The first kappa shape index (κ1) is 20.4. The van der Waals surface area contributed by atoms with Crippen LogP contribution < -0.4 is 0 Å². The summed E-state index contributed by atoms with van der Waals surface area (Å²) in [5.41, 5.74) is 6.13. The third kappa shape index (κ3) is 4.15. The fourth-order valence-electron chi connectivity index (χ4n) is 4.68. The van der Waals surface area contributed by atoms with Crippen LogP contribution in [0.3, 0.4) is 0 Å². The maximum Gasteiger partial charge on any atom is 0.124 e. The minimum absolute atomic E-state index is 0.00613. The lowest BCUT2D eigenvalue weighted by atomic mass is 9.85. The van der Waals surface area contributed by atoms with Crippen LogP contribution in [0.15, 0.2) is 64.6 Å². The Morgan fingerprint density at radius 3 is 1.66 bits per heavy atom. The topological polar surface area (TPSA) is 78.1 Å². The molecule has 2 aliphatic rings. The largest absolute Gasteiger partial charge is 0.507 e. The van der Waals surface area contributed by atoms with E-state index in [0.29, 0.717) is 0 Å². The summed E-state index contributed by atoms with van der Waals surface area (Å²) in [6.45, 7) is 0. The van der Waals surface area contributed by atoms with E-state index in [2.05, 4.69) is 6.07 Å². The Morgan fingerprint density at radius 1 is 0.719 bits per heavy atom. The molecule has 0 fully saturated rings. The van der Waals surface area contributed by atoms with Crippen LogP contribution in [-0.2, 0) is 12.8 Å². The van der Waals surface area contributed by atoms with Crippen molar-refractivity contribution in [3.8, 4) is 11.5 Å². The minimum atomic E-state index is -0.00613. The Kier molecular flexibility index (Phi) is 5.71. The van der Waals surface area contributed by atoms with E-state index < -0.39 is 0 Å². The third-order valence-electron chi connectivity index (χ3n) is 6.39. The van der Waals surface area contributed by atoms with Gasteiger partial charge < -0.3 is 10.2 Å². The van der Waals surface area contributed by atoms with E-state index in [-0.39, 0.29) is 23.6 Å². The highest BCUT2D eigenvalue weighted by atomic mass is 16.3. The maximum atomic E-state index is 10.1. The lowest BCUT2D eigenvalue weighted by Gasteiger charge is -2.28. The molecule has 162 valence electrons. The van der Waals surface area contributed by atoms with Crippen molar-refractivity contribution in [3.63, 3.8) is 0 Å². The van der Waals surface area contributed by atoms with E-state index in [4.69, 9.17) is 15.0 Å². The summed E-state index contributed by atoms with van der Waals surface area (Å²) in [7, 11) is 0. The fraction of sp³-hybridized carbons (Fsp3) is 0.296. The number of phenolic OH excluding ortho intramolecular Hbond substituents is 2. The fourth-order valence-corrected chi connectivity index (χ4v) is 4.68. The number of rotatable bonds is 4. The number of aromatic nitrogens is 1. The molecule has 2 atom stereocenters. The monoisotopic (exact) mass is 425 g/mol. The van der Waals surface area contributed by atoms with Crippen LogP contribution >= 0.6 is 0 Å². The zero-order valence-electron chi connectivity index (χ0n) is 18.0. The third-order valence-corrected chi connectivity index (χ3v) is 6.39. The lowest BCUT2D eigenvalue weighted by Crippen LogP contribution is -2.18. The maximum absolute atomic E-state index is 10.1. The molecule has 0 saturated heterocycles. The average molecular weight is 426 g/mol. The van der Waals surface area contributed by atoms with Crippen molar-refractivity contribution in [3.05, 3.63) is 88.2 Å². The standard InChI is InChI=1S/C27H27N3O2/c31-24-13-3-1-7-20(24)16-28-22-11-5-9-18-15-19-10-6-12-23(27(19)30-26(18)22)29-17-21-8-2-4-14-25(21)32/h1-4,7-8,13-17,22-23,31-32H,5-6,9-12H2/b28-16+,29-17+/t22-,23?/m1/s1. The Bertz CT molecular complexity index is 1100. The molecular formula is C27H27N3O2. The van der Waals surface area contributed by atoms with Gasteiger partial charge in [-0.1, -0.05) is 30.3 Å². The van der Waals surface area contributed by atoms with Gasteiger partial charge in [0.15, 0.2) is 0 Å². The van der Waals surface area contributed by atoms with Gasteiger partial charge in [0, 0.05) is 23.6 Å². The molecule has 3 aromatic rings. The second kappa shape index (κ2) is 8.95. The predicted octanol–water partition coefficient (Wildman–Crippen LogP) is 5.49. The van der Waals surface area contributed by atoms with Crippen molar-refractivity contribution in [2.45, 2.75) is 50.6 Å². The second-order valence-corrected chi connectivity index (χ2v) is 8.57. The number of hydrogen-bond acceptors (Lipinski definition) is 5. The highest BCUT2D eigenvalue weighted by molar-refractivity contribution is 5.84. The van der Waals surface area contributed by atoms with Crippen molar-refractivity contribution in [2.75, 3.05) is 0 Å². The van der Waals surface area contributed by atoms with Crippen LogP contribution in [0.2, 0.25) is 0 Å². The van der Waals surface area contributed by atoms with Crippen LogP contribution in [0, 0.1) is 0 Å². The first-order valence-corrected chi connectivity index (χ1v) is 11.3. The lowest BCUT2D eigenvalue weighted by molar-refractivity contribution is 0.474. The molecular weight excluding hydrogens is 398 g/mol. The molecule has 0 saturated carbocycles. The molecule has 0 radical (unpaired) electrons. The van der Waals surface area contributed by atoms with Gasteiger partial charge in [0.1, 0.15) is 11.5 Å². The van der Waals surface area contributed by atoms with Gasteiger partial charge in [0.2, 0.25) is 0 Å². The number of aryl methyl sites for hydroxylation is 2. The minimum Gasteiger partial charge on any atom is -0.507 e. The molecule has 0 aliphatic heterocycles. The Morgan fingerprint density at radius 2 is 1.19 bits per heavy atom. The predicted molar refractivity (Wildman–Crippen MR) is 127 cm³/mol. The van der Waals surface area contributed by atoms with E-state index in [1.54, 1.807) is 24.6 Å². The van der Waals surface area contributed by atoms with Gasteiger partial charge >= 0.3 is 0 Å². The molecule has 2 aliphatic carbocycles. The van der Waals surface area contributed by atoms with Crippen molar-refractivity contribution in [1.82, 2.24) is 4.98 Å². The number of pyridine rings is 1. The molecule has 1 unspecified atom stereocenters. The molecule has 0 amide bonds. The molecule has 1 aromatic heterocycles. The van der Waals surface area contributed by atoms with Gasteiger partial charge in [-0.2, -0.15) is 0 Å². The van der Waals surface area contributed by atoms with E-state index in [1.807, 2.05) is 36.4 Å². The zero-order chi connectivity index (χ0) is 21.9. The van der Waals surface area contributed by atoms with Gasteiger partial charge in [-0.05, 0) is 73.9 Å². The summed E-state index contributed by atoms with van der Waals surface area (Å²) in [5, 5.41) is 20.1. The van der Waals surface area contributed by atoms with Crippen molar-refractivity contribution >= 4 is 12.4 Å². The zero-order valence-corrected chi connectivity index (χ0v) is 18.0. The smallest absolute Gasteiger partial charge is 0.124 e. The second-order valence-electron chi connectivity index (χ2n) is 8.57. The molecule has 0 spiro atoms. The highest BCUT2D eigenvalue weighted by Crippen LogP contribution is 2.38. The number of fused-ring (bicyclic) bond motifs is 2. The number of aliphatic imine (C=N–C) groups is 2. The average Bonchev–Trinajstić information content (AvgIpc) is 2.82. The molecule has 5 rings (SSSR count). The number of hydrogen-bond donors (Lipinski definition) is 2. The van der Waals surface area contributed by atoms with Crippen molar-refractivity contribution in [2.24, 2.45) is 9.98 Å². The van der Waals surface area contributed by atoms with Crippen molar-refractivity contribution in [1.29, 1.82) is 0 Å². The van der Waals surface area contributed by atoms with E-state index in [1.165, 1.54) is 11.1 Å². The summed E-state index contributed by atoms with van der Waals surface area (Å²) in [4.78, 5) is 14.8. The Hall–Kier alpha value is -3.47. The van der Waals surface area contributed by atoms with Gasteiger partial charge in [-0.15, -0.1) is 0 Å². The summed E-state index contributed by atoms with van der Waals surface area (Å²) in [5.74, 6) is 0.480. The van der Waals surface area contributed by atoms with Crippen LogP contribution in [0.25, 0.3) is 0 Å². The number of para-hydroxylation sites is 2. The van der Waals surface area contributed by atoms with Crippen LogP contribution in [0.1, 0.15) is 71.4 Å². The van der Waals surface area contributed by atoms with Crippen LogP contribution in [-0.4, -0.2) is 27.6 Å². The van der Waals surface area contributed by atoms with Gasteiger partial charge in [0.05, 0.1) is 23.5 Å². The number of aromatic hydroxyl groups is 2. The Balaban J connectivity index is 1.46. The Labute approximate surface area is 188 Å². The summed E-state index contributed by atoms with van der Waals surface area (Å²) in [6.07, 6.45) is 9.68. The van der Waals surface area contributed by atoms with Crippen molar-refractivity contribution < 1.29 is 10.2 Å². The summed E-state index contributed by atoms with van der Waals surface area (Å²) >= 11 is 0.